The standard InChI is InChI=1S/C17H22ClN3OS/c18-16-4-3-15(9-19-16)23-21-10-14(11-21)12-5-7-20(8-6-12)17(22)13-1-2-13/h3-4,9,12-14H,1-2,5-8,10-11H2. The van der Waals surface area contributed by atoms with Crippen LogP contribution in [0.2, 0.25) is 5.15 Å². The second kappa shape index (κ2) is 6.61. The first-order valence-corrected chi connectivity index (χ1v) is 9.67. The predicted molar refractivity (Wildman–Crippen MR) is 92.2 cm³/mol. The Morgan fingerprint density at radius 2 is 1.87 bits per heavy atom. The fraction of sp³-hybridized carbons (Fsp3) is 0.647. The molecule has 2 aliphatic heterocycles. The second-order valence-corrected chi connectivity index (χ2v) is 8.51. The van der Waals surface area contributed by atoms with Crippen LogP contribution in [0.15, 0.2) is 23.2 Å². The third kappa shape index (κ3) is 3.67. The molecule has 3 fully saturated rings. The molecule has 4 rings (SSSR count). The van der Waals surface area contributed by atoms with Gasteiger partial charge in [0.05, 0.1) is 0 Å². The van der Waals surface area contributed by atoms with Crippen molar-refractivity contribution < 1.29 is 4.79 Å². The normalized spacial score (nSPS) is 23.8. The summed E-state index contributed by atoms with van der Waals surface area (Å²) in [5.41, 5.74) is 0. The van der Waals surface area contributed by atoms with Crippen LogP contribution in [-0.4, -0.2) is 46.3 Å². The van der Waals surface area contributed by atoms with Crippen LogP contribution < -0.4 is 0 Å². The predicted octanol–water partition coefficient (Wildman–Crippen LogP) is 3.32. The fourth-order valence-electron chi connectivity index (χ4n) is 3.59. The van der Waals surface area contributed by atoms with E-state index in [4.69, 9.17) is 11.6 Å². The highest BCUT2D eigenvalue weighted by Crippen LogP contribution is 2.38. The number of carbonyl (C=O) groups excluding carboxylic acids is 1. The van der Waals surface area contributed by atoms with Crippen molar-refractivity contribution in [2.75, 3.05) is 26.2 Å². The average Bonchev–Trinajstić information content (AvgIpc) is 3.37. The van der Waals surface area contributed by atoms with Gasteiger partial charge in [-0.1, -0.05) is 11.6 Å². The quantitative estimate of drug-likeness (QED) is 0.616. The number of amides is 1. The van der Waals surface area contributed by atoms with E-state index in [2.05, 4.69) is 14.2 Å². The summed E-state index contributed by atoms with van der Waals surface area (Å²) in [4.78, 5) is 19.5. The largest absolute Gasteiger partial charge is 0.342 e. The molecule has 0 unspecified atom stereocenters. The highest BCUT2D eigenvalue weighted by Gasteiger charge is 2.39. The summed E-state index contributed by atoms with van der Waals surface area (Å²) in [6, 6.07) is 3.86. The highest BCUT2D eigenvalue weighted by molar-refractivity contribution is 7.97. The first-order chi connectivity index (χ1) is 11.2. The molecule has 124 valence electrons. The van der Waals surface area contributed by atoms with Crippen molar-refractivity contribution >= 4 is 29.5 Å². The number of piperidine rings is 1. The molecule has 0 atom stereocenters. The maximum Gasteiger partial charge on any atom is 0.225 e. The lowest BCUT2D eigenvalue weighted by atomic mass is 9.81. The maximum atomic E-state index is 12.1. The fourth-order valence-corrected chi connectivity index (χ4v) is 4.76. The topological polar surface area (TPSA) is 36.4 Å². The summed E-state index contributed by atoms with van der Waals surface area (Å²) >= 11 is 7.59. The number of pyridine rings is 1. The molecular formula is C17H22ClN3OS. The van der Waals surface area contributed by atoms with Crippen molar-refractivity contribution in [3.63, 3.8) is 0 Å². The van der Waals surface area contributed by atoms with Crippen molar-refractivity contribution in [1.29, 1.82) is 0 Å². The van der Waals surface area contributed by atoms with Gasteiger partial charge in [0, 0.05) is 43.2 Å². The van der Waals surface area contributed by atoms with Gasteiger partial charge in [0.2, 0.25) is 5.91 Å². The van der Waals surface area contributed by atoms with Crippen LogP contribution in [0, 0.1) is 17.8 Å². The Kier molecular flexibility index (Phi) is 4.52. The highest BCUT2D eigenvalue weighted by atomic mass is 35.5. The number of rotatable bonds is 4. The second-order valence-electron chi connectivity index (χ2n) is 6.95. The Balaban J connectivity index is 1.20. The molecule has 3 aliphatic rings. The number of hydrogen-bond donors (Lipinski definition) is 0. The SMILES string of the molecule is O=C(C1CC1)N1CCC(C2CN(Sc3ccc(Cl)nc3)C2)CC1. The minimum absolute atomic E-state index is 0.370. The van der Waals surface area contributed by atoms with Crippen molar-refractivity contribution in [3.8, 4) is 0 Å². The molecule has 3 heterocycles. The Hall–Kier alpha value is -0.780. The van der Waals surface area contributed by atoms with Crippen LogP contribution in [0.1, 0.15) is 25.7 Å². The summed E-state index contributed by atoms with van der Waals surface area (Å²) in [5.74, 6) is 2.37. The molecule has 0 radical (unpaired) electrons. The zero-order chi connectivity index (χ0) is 15.8. The van der Waals surface area contributed by atoms with Gasteiger partial charge < -0.3 is 4.90 Å². The van der Waals surface area contributed by atoms with Gasteiger partial charge in [0.25, 0.3) is 0 Å². The van der Waals surface area contributed by atoms with E-state index in [9.17, 15) is 4.79 Å². The van der Waals surface area contributed by atoms with Gasteiger partial charge in [-0.15, -0.1) is 0 Å². The van der Waals surface area contributed by atoms with Crippen molar-refractivity contribution in [1.82, 2.24) is 14.2 Å². The summed E-state index contributed by atoms with van der Waals surface area (Å²) in [7, 11) is 0. The van der Waals surface area contributed by atoms with Gasteiger partial charge in [-0.3, -0.25) is 4.79 Å². The molecule has 1 aliphatic carbocycles. The minimum atomic E-state index is 0.370. The minimum Gasteiger partial charge on any atom is -0.342 e. The Morgan fingerprint density at radius 3 is 2.48 bits per heavy atom. The number of hydrogen-bond acceptors (Lipinski definition) is 4. The van der Waals surface area contributed by atoms with Gasteiger partial charge in [-0.05, 0) is 61.6 Å². The van der Waals surface area contributed by atoms with Gasteiger partial charge in [-0.25, -0.2) is 9.29 Å². The van der Waals surface area contributed by atoms with Crippen LogP contribution in [-0.2, 0) is 4.79 Å². The van der Waals surface area contributed by atoms with Crippen LogP contribution in [0.5, 0.6) is 0 Å². The molecule has 0 spiro atoms. The van der Waals surface area contributed by atoms with E-state index >= 15 is 0 Å². The summed E-state index contributed by atoms with van der Waals surface area (Å²) in [6.45, 7) is 4.25. The van der Waals surface area contributed by atoms with Gasteiger partial charge >= 0.3 is 0 Å². The van der Waals surface area contributed by atoms with Crippen LogP contribution in [0.4, 0.5) is 0 Å². The third-order valence-electron chi connectivity index (χ3n) is 5.26. The van der Waals surface area contributed by atoms with Crippen LogP contribution >= 0.6 is 23.5 Å². The molecule has 0 aromatic carbocycles. The zero-order valence-corrected chi connectivity index (χ0v) is 14.7. The molecule has 1 saturated carbocycles. The molecular weight excluding hydrogens is 330 g/mol. The zero-order valence-electron chi connectivity index (χ0n) is 13.2. The van der Waals surface area contributed by atoms with Crippen molar-refractivity contribution in [2.24, 2.45) is 17.8 Å². The first kappa shape index (κ1) is 15.7. The summed E-state index contributed by atoms with van der Waals surface area (Å²) < 4.78 is 2.40. The molecule has 2 saturated heterocycles. The lowest BCUT2D eigenvalue weighted by molar-refractivity contribution is -0.134. The summed E-state index contributed by atoms with van der Waals surface area (Å²) in [6.07, 6.45) is 6.44. The van der Waals surface area contributed by atoms with E-state index in [1.54, 1.807) is 11.9 Å². The number of aromatic nitrogens is 1. The molecule has 1 aromatic heterocycles. The van der Waals surface area contributed by atoms with Crippen LogP contribution in [0.3, 0.4) is 0 Å². The molecule has 1 aromatic rings. The Bertz CT molecular complexity index is 564. The Labute approximate surface area is 146 Å². The lowest BCUT2D eigenvalue weighted by Crippen LogP contribution is -2.49. The smallest absolute Gasteiger partial charge is 0.225 e. The van der Waals surface area contributed by atoms with Crippen molar-refractivity contribution in [2.45, 2.75) is 30.6 Å². The van der Waals surface area contributed by atoms with Gasteiger partial charge in [0.1, 0.15) is 5.15 Å². The van der Waals surface area contributed by atoms with E-state index in [0.717, 1.165) is 55.8 Å². The molecule has 0 N–H and O–H groups in total. The number of halogens is 1. The van der Waals surface area contributed by atoms with Crippen LogP contribution in [0.25, 0.3) is 0 Å². The number of carbonyl (C=O) groups is 1. The monoisotopic (exact) mass is 351 g/mol. The summed E-state index contributed by atoms with van der Waals surface area (Å²) in [5, 5.41) is 0.545. The third-order valence-corrected chi connectivity index (χ3v) is 6.49. The molecule has 4 nitrogen and oxygen atoms in total. The van der Waals surface area contributed by atoms with E-state index in [1.807, 2.05) is 18.3 Å². The van der Waals surface area contributed by atoms with E-state index in [1.165, 1.54) is 12.8 Å². The van der Waals surface area contributed by atoms with Gasteiger partial charge in [-0.2, -0.15) is 0 Å². The molecule has 0 bridgehead atoms. The van der Waals surface area contributed by atoms with E-state index in [0.29, 0.717) is 17.0 Å². The lowest BCUT2D eigenvalue weighted by Gasteiger charge is -2.45. The first-order valence-electron chi connectivity index (χ1n) is 8.52. The maximum absolute atomic E-state index is 12.1. The van der Waals surface area contributed by atoms with Gasteiger partial charge in [0.15, 0.2) is 0 Å². The number of likely N-dealkylation sites (tertiary alicyclic amines) is 1. The van der Waals surface area contributed by atoms with E-state index in [-0.39, 0.29) is 0 Å². The van der Waals surface area contributed by atoms with Crippen molar-refractivity contribution in [3.05, 3.63) is 23.5 Å². The molecule has 23 heavy (non-hydrogen) atoms. The number of nitrogens with zero attached hydrogens (tertiary/aromatic N) is 3. The Morgan fingerprint density at radius 1 is 1.13 bits per heavy atom. The molecule has 1 amide bonds. The van der Waals surface area contributed by atoms with E-state index < -0.39 is 0 Å². The average molecular weight is 352 g/mol. The molecule has 6 heteroatoms.